The normalized spacial score (nSPS) is 18.3. The van der Waals surface area contributed by atoms with Gasteiger partial charge in [0.1, 0.15) is 6.54 Å². The van der Waals surface area contributed by atoms with Crippen molar-refractivity contribution in [1.82, 2.24) is 5.32 Å². The van der Waals surface area contributed by atoms with Gasteiger partial charge in [0, 0.05) is 18.5 Å². The Balaban J connectivity index is 1.47. The molecule has 2 saturated heterocycles. The van der Waals surface area contributed by atoms with E-state index in [1.54, 1.807) is 0 Å². The lowest BCUT2D eigenvalue weighted by Crippen LogP contribution is -2.58. The van der Waals surface area contributed by atoms with Crippen LogP contribution in [0.4, 0.5) is 5.69 Å². The monoisotopic (exact) mass is 445 g/mol. The highest BCUT2D eigenvalue weighted by Gasteiger charge is 2.35. The van der Waals surface area contributed by atoms with Crippen LogP contribution in [-0.2, 0) is 4.79 Å². The second-order valence-electron chi connectivity index (χ2n) is 10.2. The standard InChI is InChI=1S/C28H36N4O/c1-22(2)20-27(28(33)30-13-12-29)25-7-5-6-24(21-25)23-8-10-26(11-9-23)31-14-18-32(19-15-31)16-3-4-17-32/h5-11,21-22,27H,3-4,13-20H2,1-2H3/p+1/t27-/m1/s1. The molecular weight excluding hydrogens is 408 g/mol. The first-order chi connectivity index (χ1) is 16.0. The molecule has 33 heavy (non-hydrogen) atoms. The molecule has 174 valence electrons. The highest BCUT2D eigenvalue weighted by molar-refractivity contribution is 5.84. The number of anilines is 1. The van der Waals surface area contributed by atoms with Crippen molar-refractivity contribution in [2.75, 3.05) is 50.7 Å². The predicted molar refractivity (Wildman–Crippen MR) is 134 cm³/mol. The maximum atomic E-state index is 12.7. The van der Waals surface area contributed by atoms with Gasteiger partial charge in [-0.15, -0.1) is 0 Å². The van der Waals surface area contributed by atoms with E-state index in [2.05, 4.69) is 60.5 Å². The molecule has 1 amide bonds. The maximum absolute atomic E-state index is 12.7. The summed E-state index contributed by atoms with van der Waals surface area (Å²) in [5.41, 5.74) is 4.61. The number of rotatable bonds is 7. The molecule has 2 aromatic rings. The lowest BCUT2D eigenvalue weighted by atomic mass is 9.88. The summed E-state index contributed by atoms with van der Waals surface area (Å²) in [6, 6.07) is 19.2. The zero-order valence-electron chi connectivity index (χ0n) is 20.1. The number of nitriles is 1. The summed E-state index contributed by atoms with van der Waals surface area (Å²) >= 11 is 0. The number of amides is 1. The molecule has 0 aliphatic carbocycles. The average Bonchev–Trinajstić information content (AvgIpc) is 3.29. The summed E-state index contributed by atoms with van der Waals surface area (Å²) in [6.45, 7) is 11.9. The number of piperazine rings is 1. The van der Waals surface area contributed by atoms with Crippen LogP contribution in [0.25, 0.3) is 11.1 Å². The fourth-order valence-corrected chi connectivity index (χ4v) is 5.52. The van der Waals surface area contributed by atoms with Crippen LogP contribution < -0.4 is 10.2 Å². The van der Waals surface area contributed by atoms with Crippen molar-refractivity contribution in [1.29, 1.82) is 5.26 Å². The summed E-state index contributed by atoms with van der Waals surface area (Å²) in [4.78, 5) is 15.3. The largest absolute Gasteiger partial charge is 0.360 e. The summed E-state index contributed by atoms with van der Waals surface area (Å²) in [5, 5.41) is 11.6. The van der Waals surface area contributed by atoms with Crippen LogP contribution in [-0.4, -0.2) is 56.2 Å². The maximum Gasteiger partial charge on any atom is 0.228 e. The van der Waals surface area contributed by atoms with Crippen molar-refractivity contribution in [3.05, 3.63) is 54.1 Å². The van der Waals surface area contributed by atoms with Gasteiger partial charge in [0.25, 0.3) is 0 Å². The Labute approximate surface area is 198 Å². The van der Waals surface area contributed by atoms with Crippen molar-refractivity contribution >= 4 is 11.6 Å². The van der Waals surface area contributed by atoms with Crippen LogP contribution in [0.3, 0.4) is 0 Å². The van der Waals surface area contributed by atoms with Gasteiger partial charge in [-0.25, -0.2) is 0 Å². The summed E-state index contributed by atoms with van der Waals surface area (Å²) in [7, 11) is 0. The number of hydrogen-bond donors (Lipinski definition) is 1. The van der Waals surface area contributed by atoms with Crippen molar-refractivity contribution in [3.63, 3.8) is 0 Å². The van der Waals surface area contributed by atoms with E-state index >= 15 is 0 Å². The van der Waals surface area contributed by atoms with Crippen molar-refractivity contribution < 1.29 is 9.28 Å². The lowest BCUT2D eigenvalue weighted by molar-refractivity contribution is -0.917. The molecular formula is C28H37N4O+. The number of nitrogens with zero attached hydrogens (tertiary/aromatic N) is 3. The minimum atomic E-state index is -0.244. The van der Waals surface area contributed by atoms with Gasteiger partial charge in [-0.3, -0.25) is 4.79 Å². The smallest absolute Gasteiger partial charge is 0.228 e. The topological polar surface area (TPSA) is 56.1 Å². The second kappa shape index (κ2) is 10.4. The number of nitrogens with one attached hydrogen (secondary N) is 1. The van der Waals surface area contributed by atoms with Crippen LogP contribution >= 0.6 is 0 Å². The van der Waals surface area contributed by atoms with E-state index in [0.717, 1.165) is 30.6 Å². The quantitative estimate of drug-likeness (QED) is 0.502. The van der Waals surface area contributed by atoms with Gasteiger partial charge in [-0.2, -0.15) is 5.26 Å². The van der Waals surface area contributed by atoms with Gasteiger partial charge in [-0.05, 0) is 41.2 Å². The molecule has 2 aromatic carbocycles. The fraction of sp³-hybridized carbons (Fsp3) is 0.500. The Bertz CT molecular complexity index is 976. The molecule has 4 rings (SSSR count). The molecule has 5 nitrogen and oxygen atoms in total. The lowest BCUT2D eigenvalue weighted by Gasteiger charge is -2.42. The third-order valence-corrected chi connectivity index (χ3v) is 7.42. The zero-order valence-corrected chi connectivity index (χ0v) is 20.1. The molecule has 5 heteroatoms. The molecule has 0 aromatic heterocycles. The van der Waals surface area contributed by atoms with E-state index in [9.17, 15) is 4.79 Å². The molecule has 0 saturated carbocycles. The van der Waals surface area contributed by atoms with Crippen LogP contribution in [0.15, 0.2) is 48.5 Å². The third kappa shape index (κ3) is 5.57. The first-order valence-electron chi connectivity index (χ1n) is 12.4. The minimum Gasteiger partial charge on any atom is -0.360 e. The Kier molecular flexibility index (Phi) is 7.35. The third-order valence-electron chi connectivity index (χ3n) is 7.42. The average molecular weight is 446 g/mol. The molecule has 1 spiro atoms. The Morgan fingerprint density at radius 1 is 1.03 bits per heavy atom. The van der Waals surface area contributed by atoms with E-state index < -0.39 is 0 Å². The highest BCUT2D eigenvalue weighted by Crippen LogP contribution is 2.30. The van der Waals surface area contributed by atoms with Crippen molar-refractivity contribution in [2.24, 2.45) is 5.92 Å². The summed E-state index contributed by atoms with van der Waals surface area (Å²) in [5.74, 6) is 0.0746. The van der Waals surface area contributed by atoms with E-state index in [1.165, 1.54) is 54.8 Å². The number of carbonyl (C=O) groups is 1. The van der Waals surface area contributed by atoms with E-state index in [1.807, 2.05) is 18.2 Å². The molecule has 2 aliphatic rings. The molecule has 0 bridgehead atoms. The van der Waals surface area contributed by atoms with Crippen LogP contribution in [0, 0.1) is 17.2 Å². The van der Waals surface area contributed by atoms with Crippen molar-refractivity contribution in [3.8, 4) is 17.2 Å². The van der Waals surface area contributed by atoms with Gasteiger partial charge < -0.3 is 14.7 Å². The summed E-state index contributed by atoms with van der Waals surface area (Å²) < 4.78 is 1.33. The second-order valence-corrected chi connectivity index (χ2v) is 10.2. The van der Waals surface area contributed by atoms with E-state index in [4.69, 9.17) is 5.26 Å². The molecule has 0 radical (unpaired) electrons. The van der Waals surface area contributed by atoms with Gasteiger partial charge in [0.05, 0.1) is 51.3 Å². The van der Waals surface area contributed by atoms with Gasteiger partial charge >= 0.3 is 0 Å². The van der Waals surface area contributed by atoms with Gasteiger partial charge in [-0.1, -0.05) is 50.2 Å². The summed E-state index contributed by atoms with van der Waals surface area (Å²) in [6.07, 6.45) is 3.55. The Morgan fingerprint density at radius 2 is 1.73 bits per heavy atom. The fourth-order valence-electron chi connectivity index (χ4n) is 5.52. The zero-order chi connectivity index (χ0) is 23.3. The van der Waals surface area contributed by atoms with Crippen LogP contribution in [0.1, 0.15) is 44.6 Å². The molecule has 1 N–H and O–H groups in total. The molecule has 2 aliphatic heterocycles. The number of carbonyl (C=O) groups excluding carboxylic acids is 1. The molecule has 0 unspecified atom stereocenters. The molecule has 1 atom stereocenters. The van der Waals surface area contributed by atoms with E-state index in [0.29, 0.717) is 5.92 Å². The number of hydrogen-bond acceptors (Lipinski definition) is 3. The van der Waals surface area contributed by atoms with Gasteiger partial charge in [0.15, 0.2) is 0 Å². The van der Waals surface area contributed by atoms with Crippen molar-refractivity contribution in [2.45, 2.75) is 39.0 Å². The first-order valence-corrected chi connectivity index (χ1v) is 12.4. The van der Waals surface area contributed by atoms with Gasteiger partial charge in [0.2, 0.25) is 5.91 Å². The first kappa shape index (κ1) is 23.3. The Morgan fingerprint density at radius 3 is 2.36 bits per heavy atom. The van der Waals surface area contributed by atoms with Crippen LogP contribution in [0.2, 0.25) is 0 Å². The predicted octanol–water partition coefficient (Wildman–Crippen LogP) is 4.55. The highest BCUT2D eigenvalue weighted by atomic mass is 16.1. The Hall–Kier alpha value is -2.84. The number of benzene rings is 2. The minimum absolute atomic E-state index is 0.0467. The molecule has 2 heterocycles. The molecule has 2 fully saturated rings. The number of quaternary nitrogens is 1. The SMILES string of the molecule is CC(C)C[C@@H](C(=O)NCC#N)c1cccc(-c2ccc(N3CC[N+]4(CCCC4)CC3)cc2)c1. The van der Waals surface area contributed by atoms with E-state index in [-0.39, 0.29) is 18.4 Å². The van der Waals surface area contributed by atoms with Crippen LogP contribution in [0.5, 0.6) is 0 Å².